The number of sulfonamides is 1. The number of aryl methyl sites for hydroxylation is 1. The summed E-state index contributed by atoms with van der Waals surface area (Å²) in [5.74, 6) is -0.0351. The molecule has 1 N–H and O–H groups in total. The van der Waals surface area contributed by atoms with E-state index in [4.69, 9.17) is 14.7 Å². The summed E-state index contributed by atoms with van der Waals surface area (Å²) < 4.78 is 38.2. The molecule has 0 aliphatic carbocycles. The molecule has 3 rings (SSSR count). The number of hydrogen-bond acceptors (Lipinski definition) is 6. The Kier molecular flexibility index (Phi) is 6.72. The van der Waals surface area contributed by atoms with Crippen LogP contribution in [0.15, 0.2) is 47.4 Å². The van der Waals surface area contributed by atoms with Gasteiger partial charge in [-0.05, 0) is 49.7 Å². The number of rotatable bonds is 6. The molecule has 1 fully saturated rings. The van der Waals surface area contributed by atoms with Crippen molar-refractivity contribution in [1.29, 1.82) is 5.26 Å². The molecule has 1 aliphatic heterocycles. The van der Waals surface area contributed by atoms with Crippen LogP contribution in [0.4, 0.5) is 5.69 Å². The van der Waals surface area contributed by atoms with Crippen LogP contribution in [0.1, 0.15) is 18.1 Å². The van der Waals surface area contributed by atoms with Crippen LogP contribution in [0.5, 0.6) is 5.75 Å². The van der Waals surface area contributed by atoms with Gasteiger partial charge < -0.3 is 14.8 Å². The predicted octanol–water partition coefficient (Wildman–Crippen LogP) is 2.29. The number of hydrogen-bond donors (Lipinski definition) is 1. The van der Waals surface area contributed by atoms with E-state index in [0.29, 0.717) is 48.9 Å². The van der Waals surface area contributed by atoms with Gasteiger partial charge in [0.15, 0.2) is 6.10 Å². The molecule has 1 aliphatic rings. The van der Waals surface area contributed by atoms with Gasteiger partial charge in [-0.15, -0.1) is 0 Å². The number of carbonyl (C=O) groups is 1. The van der Waals surface area contributed by atoms with Crippen molar-refractivity contribution in [2.75, 3.05) is 31.6 Å². The van der Waals surface area contributed by atoms with Gasteiger partial charge in [0.05, 0.1) is 29.7 Å². The van der Waals surface area contributed by atoms with Gasteiger partial charge in [-0.25, -0.2) is 8.42 Å². The van der Waals surface area contributed by atoms with Crippen molar-refractivity contribution in [3.8, 4) is 11.8 Å². The summed E-state index contributed by atoms with van der Waals surface area (Å²) in [7, 11) is -3.69. The van der Waals surface area contributed by atoms with E-state index in [2.05, 4.69) is 5.32 Å². The molecule has 158 valence electrons. The molecule has 8 nitrogen and oxygen atoms in total. The Bertz CT molecular complexity index is 1070. The summed E-state index contributed by atoms with van der Waals surface area (Å²) >= 11 is 0. The van der Waals surface area contributed by atoms with Crippen LogP contribution in [0.25, 0.3) is 0 Å². The van der Waals surface area contributed by atoms with E-state index < -0.39 is 22.0 Å². The summed E-state index contributed by atoms with van der Waals surface area (Å²) in [6, 6.07) is 13.3. The monoisotopic (exact) mass is 429 g/mol. The number of morpholine rings is 1. The summed E-state index contributed by atoms with van der Waals surface area (Å²) in [6.07, 6.45) is -0.848. The lowest BCUT2D eigenvalue weighted by Gasteiger charge is -2.27. The largest absolute Gasteiger partial charge is 0.481 e. The molecule has 1 amide bonds. The number of amides is 1. The average molecular weight is 429 g/mol. The van der Waals surface area contributed by atoms with Gasteiger partial charge in [-0.2, -0.15) is 9.57 Å². The van der Waals surface area contributed by atoms with Gasteiger partial charge in [0, 0.05) is 18.8 Å². The third-order valence-corrected chi connectivity index (χ3v) is 6.73. The van der Waals surface area contributed by atoms with E-state index in [0.717, 1.165) is 0 Å². The highest BCUT2D eigenvalue weighted by molar-refractivity contribution is 7.89. The van der Waals surface area contributed by atoms with Crippen LogP contribution >= 0.6 is 0 Å². The number of ether oxygens (including phenoxy) is 2. The number of benzene rings is 2. The first-order valence-electron chi connectivity index (χ1n) is 9.47. The standard InChI is InChI=1S/C21H23N3O5S/c1-15-6-7-18(13-20(15)30(26,27)24-8-10-28-11-9-24)23-21(25)16(2)29-19-5-3-4-17(12-19)14-22/h3-7,12-13,16H,8-11H2,1-2H3,(H,23,25). The highest BCUT2D eigenvalue weighted by atomic mass is 32.2. The Morgan fingerprint density at radius 3 is 2.67 bits per heavy atom. The highest BCUT2D eigenvalue weighted by Gasteiger charge is 2.28. The summed E-state index contributed by atoms with van der Waals surface area (Å²) in [4.78, 5) is 12.7. The van der Waals surface area contributed by atoms with Crippen LogP contribution in [0.2, 0.25) is 0 Å². The number of anilines is 1. The van der Waals surface area contributed by atoms with Crippen molar-refractivity contribution in [3.05, 3.63) is 53.6 Å². The topological polar surface area (TPSA) is 109 Å². The van der Waals surface area contributed by atoms with E-state index in [-0.39, 0.29) is 4.90 Å². The molecule has 0 saturated carbocycles. The molecule has 30 heavy (non-hydrogen) atoms. The second-order valence-electron chi connectivity index (χ2n) is 6.89. The molecular weight excluding hydrogens is 406 g/mol. The molecular formula is C21H23N3O5S. The Morgan fingerprint density at radius 1 is 1.23 bits per heavy atom. The maximum atomic E-state index is 13.0. The van der Waals surface area contributed by atoms with E-state index >= 15 is 0 Å². The van der Waals surface area contributed by atoms with E-state index in [9.17, 15) is 13.2 Å². The number of nitrogens with one attached hydrogen (secondary N) is 1. The second-order valence-corrected chi connectivity index (χ2v) is 8.79. The first-order chi connectivity index (χ1) is 14.3. The van der Waals surface area contributed by atoms with Crippen LogP contribution in [-0.2, 0) is 19.6 Å². The molecule has 9 heteroatoms. The summed E-state index contributed by atoms with van der Waals surface area (Å²) in [6.45, 7) is 4.60. The Hall–Kier alpha value is -2.93. The first kappa shape index (κ1) is 21.8. The lowest BCUT2D eigenvalue weighted by Crippen LogP contribution is -2.40. The van der Waals surface area contributed by atoms with E-state index in [1.54, 1.807) is 50.2 Å². The van der Waals surface area contributed by atoms with Gasteiger partial charge in [0.25, 0.3) is 5.91 Å². The van der Waals surface area contributed by atoms with Crippen molar-refractivity contribution >= 4 is 21.6 Å². The quantitative estimate of drug-likeness (QED) is 0.755. The van der Waals surface area contributed by atoms with E-state index in [1.807, 2.05) is 6.07 Å². The fourth-order valence-corrected chi connectivity index (χ4v) is 4.68. The van der Waals surface area contributed by atoms with Crippen LogP contribution in [0, 0.1) is 18.3 Å². The maximum Gasteiger partial charge on any atom is 0.265 e. The molecule has 2 aromatic rings. The fraction of sp³-hybridized carbons (Fsp3) is 0.333. The van der Waals surface area contributed by atoms with Gasteiger partial charge in [-0.1, -0.05) is 12.1 Å². The molecule has 2 aromatic carbocycles. The van der Waals surface area contributed by atoms with E-state index in [1.165, 1.54) is 10.4 Å². The van der Waals surface area contributed by atoms with Crippen molar-refractivity contribution in [1.82, 2.24) is 4.31 Å². The van der Waals surface area contributed by atoms with Gasteiger partial charge in [0.1, 0.15) is 5.75 Å². The first-order valence-corrected chi connectivity index (χ1v) is 10.9. The SMILES string of the molecule is Cc1ccc(NC(=O)C(C)Oc2cccc(C#N)c2)cc1S(=O)(=O)N1CCOCC1. The number of nitriles is 1. The highest BCUT2D eigenvalue weighted by Crippen LogP contribution is 2.25. The zero-order chi connectivity index (χ0) is 21.7. The molecule has 1 saturated heterocycles. The van der Waals surface area contributed by atoms with Gasteiger partial charge in [-0.3, -0.25) is 4.79 Å². The Morgan fingerprint density at radius 2 is 1.97 bits per heavy atom. The van der Waals surface area contributed by atoms with Crippen LogP contribution in [-0.4, -0.2) is 51.0 Å². The third-order valence-electron chi connectivity index (χ3n) is 4.69. The zero-order valence-corrected chi connectivity index (χ0v) is 17.6. The minimum Gasteiger partial charge on any atom is -0.481 e. The summed E-state index contributed by atoms with van der Waals surface area (Å²) in [5.41, 5.74) is 1.38. The average Bonchev–Trinajstić information content (AvgIpc) is 2.75. The lowest BCUT2D eigenvalue weighted by atomic mass is 10.2. The van der Waals surface area contributed by atoms with Crippen molar-refractivity contribution in [3.63, 3.8) is 0 Å². The lowest BCUT2D eigenvalue weighted by molar-refractivity contribution is -0.122. The van der Waals surface area contributed by atoms with Crippen molar-refractivity contribution in [2.24, 2.45) is 0 Å². The molecule has 1 atom stereocenters. The van der Waals surface area contributed by atoms with Gasteiger partial charge >= 0.3 is 0 Å². The van der Waals surface area contributed by atoms with Crippen molar-refractivity contribution in [2.45, 2.75) is 24.8 Å². The number of carbonyl (C=O) groups excluding carboxylic acids is 1. The Labute approximate surface area is 176 Å². The smallest absolute Gasteiger partial charge is 0.265 e. The second kappa shape index (κ2) is 9.26. The van der Waals surface area contributed by atoms with Crippen molar-refractivity contribution < 1.29 is 22.7 Å². The fourth-order valence-electron chi connectivity index (χ4n) is 3.02. The predicted molar refractivity (Wildman–Crippen MR) is 111 cm³/mol. The molecule has 0 spiro atoms. The minimum absolute atomic E-state index is 0.150. The minimum atomic E-state index is -3.69. The molecule has 1 heterocycles. The molecule has 1 unspecified atom stereocenters. The van der Waals surface area contributed by atoms with Crippen LogP contribution < -0.4 is 10.1 Å². The Balaban J connectivity index is 1.74. The normalized spacial score (nSPS) is 15.8. The number of nitrogens with zero attached hydrogens (tertiary/aromatic N) is 2. The maximum absolute atomic E-state index is 13.0. The molecule has 0 bridgehead atoms. The van der Waals surface area contributed by atoms with Gasteiger partial charge in [0.2, 0.25) is 10.0 Å². The molecule has 0 radical (unpaired) electrons. The van der Waals surface area contributed by atoms with Crippen LogP contribution in [0.3, 0.4) is 0 Å². The summed E-state index contributed by atoms with van der Waals surface area (Å²) in [5, 5.41) is 11.7. The molecule has 0 aromatic heterocycles. The zero-order valence-electron chi connectivity index (χ0n) is 16.8. The third kappa shape index (κ3) is 4.97.